The zero-order valence-electron chi connectivity index (χ0n) is 18.8. The molecule has 0 spiro atoms. The van der Waals surface area contributed by atoms with Crippen LogP contribution in [0.2, 0.25) is 23.3 Å². The summed E-state index contributed by atoms with van der Waals surface area (Å²) in [6, 6.07) is 4.25. The van der Waals surface area contributed by atoms with Crippen molar-refractivity contribution in [2.75, 3.05) is 0 Å². The van der Waals surface area contributed by atoms with Crippen molar-refractivity contribution in [3.05, 3.63) is 29.7 Å². The van der Waals surface area contributed by atoms with Crippen LogP contribution in [-0.2, 0) is 11.5 Å². The fourth-order valence-electron chi connectivity index (χ4n) is 4.02. The Kier molecular flexibility index (Phi) is 5.57. The maximum absolute atomic E-state index is 6.68. The van der Waals surface area contributed by atoms with Crippen LogP contribution in [0, 0.1) is 0 Å². The minimum Gasteiger partial charge on any atom is -0.414 e. The summed E-state index contributed by atoms with van der Waals surface area (Å²) in [5, 5.41) is 11.3. The van der Waals surface area contributed by atoms with Gasteiger partial charge < -0.3 is 4.43 Å². The Hall–Kier alpha value is -1.70. The molecule has 3 aromatic rings. The molecule has 0 saturated heterocycles. The van der Waals surface area contributed by atoms with E-state index in [1.54, 1.807) is 4.68 Å². The standard InChI is InChI=1S/C22H32ClN5OSi/c1-22(2,3)30(5,6)29-16-9-7-15(8-10-16)28-19-13-20(23)24-14-17(19)21(26-28)18-11-12-27(4)25-18/h11-16H,7-10H2,1-6H3. The van der Waals surface area contributed by atoms with Crippen LogP contribution in [0.4, 0.5) is 0 Å². The second kappa shape index (κ2) is 7.77. The lowest BCUT2D eigenvalue weighted by atomic mass is 9.93. The number of hydrogen-bond acceptors (Lipinski definition) is 4. The Labute approximate surface area is 184 Å². The lowest BCUT2D eigenvalue weighted by Gasteiger charge is -2.41. The van der Waals surface area contributed by atoms with Crippen molar-refractivity contribution in [3.8, 4) is 11.4 Å². The summed E-state index contributed by atoms with van der Waals surface area (Å²) in [6.07, 6.45) is 8.34. The van der Waals surface area contributed by atoms with Crippen molar-refractivity contribution in [1.29, 1.82) is 0 Å². The van der Waals surface area contributed by atoms with E-state index in [-0.39, 0.29) is 5.04 Å². The minimum atomic E-state index is -1.74. The zero-order valence-corrected chi connectivity index (χ0v) is 20.6. The molecule has 1 aliphatic rings. The predicted octanol–water partition coefficient (Wildman–Crippen LogP) is 5.99. The first-order valence-corrected chi connectivity index (χ1v) is 14.1. The molecule has 1 saturated carbocycles. The van der Waals surface area contributed by atoms with Gasteiger partial charge in [-0.3, -0.25) is 9.36 Å². The Morgan fingerprint density at radius 3 is 2.43 bits per heavy atom. The molecule has 0 aliphatic heterocycles. The normalized spacial score (nSPS) is 20.8. The van der Waals surface area contributed by atoms with Gasteiger partial charge in [0.05, 0.1) is 11.6 Å². The SMILES string of the molecule is Cn1ccc(-c2nn(C3CCC(O[Si](C)(C)C(C)(C)C)CC3)c3cc(Cl)ncc23)n1. The van der Waals surface area contributed by atoms with Crippen LogP contribution in [0.25, 0.3) is 22.3 Å². The van der Waals surface area contributed by atoms with Gasteiger partial charge >= 0.3 is 0 Å². The van der Waals surface area contributed by atoms with Crippen molar-refractivity contribution in [2.24, 2.45) is 7.05 Å². The number of pyridine rings is 1. The van der Waals surface area contributed by atoms with E-state index in [1.807, 2.05) is 31.6 Å². The number of hydrogen-bond donors (Lipinski definition) is 0. The molecule has 3 aromatic heterocycles. The largest absolute Gasteiger partial charge is 0.414 e. The fourth-order valence-corrected chi connectivity index (χ4v) is 5.59. The Balaban J connectivity index is 1.58. The van der Waals surface area contributed by atoms with Crippen molar-refractivity contribution < 1.29 is 4.43 Å². The van der Waals surface area contributed by atoms with Crippen molar-refractivity contribution in [3.63, 3.8) is 0 Å². The van der Waals surface area contributed by atoms with Crippen LogP contribution in [0.1, 0.15) is 52.5 Å². The monoisotopic (exact) mass is 445 g/mol. The Morgan fingerprint density at radius 1 is 1.13 bits per heavy atom. The fraction of sp³-hybridized carbons (Fsp3) is 0.591. The molecule has 162 valence electrons. The lowest BCUT2D eigenvalue weighted by molar-refractivity contribution is 0.116. The number of aromatic nitrogens is 5. The molecule has 0 radical (unpaired) electrons. The smallest absolute Gasteiger partial charge is 0.192 e. The van der Waals surface area contributed by atoms with Crippen LogP contribution in [0.5, 0.6) is 0 Å². The highest BCUT2D eigenvalue weighted by Crippen LogP contribution is 2.41. The summed E-state index contributed by atoms with van der Waals surface area (Å²) in [6.45, 7) is 11.6. The van der Waals surface area contributed by atoms with E-state index < -0.39 is 8.32 Å². The summed E-state index contributed by atoms with van der Waals surface area (Å²) in [7, 11) is 0.177. The molecule has 0 atom stereocenters. The summed E-state index contributed by atoms with van der Waals surface area (Å²) >= 11 is 6.24. The van der Waals surface area contributed by atoms with Gasteiger partial charge in [-0.1, -0.05) is 32.4 Å². The first kappa shape index (κ1) is 21.5. The molecule has 0 amide bonds. The molecular weight excluding hydrogens is 414 g/mol. The maximum atomic E-state index is 6.68. The van der Waals surface area contributed by atoms with Gasteiger partial charge in [0.15, 0.2) is 8.32 Å². The molecule has 3 heterocycles. The quantitative estimate of drug-likeness (QED) is 0.365. The third-order valence-corrected chi connectivity index (χ3v) is 11.5. The molecule has 0 bridgehead atoms. The molecule has 1 aliphatic carbocycles. The number of nitrogens with zero attached hydrogens (tertiary/aromatic N) is 5. The van der Waals surface area contributed by atoms with E-state index >= 15 is 0 Å². The molecule has 0 unspecified atom stereocenters. The number of aryl methyl sites for hydroxylation is 1. The Bertz CT molecular complexity index is 1040. The van der Waals surface area contributed by atoms with Gasteiger partial charge in [0.25, 0.3) is 0 Å². The van der Waals surface area contributed by atoms with Crippen LogP contribution in [0.15, 0.2) is 24.5 Å². The van der Waals surface area contributed by atoms with E-state index in [0.29, 0.717) is 17.3 Å². The van der Waals surface area contributed by atoms with E-state index in [4.69, 9.17) is 21.1 Å². The molecular formula is C22H32ClN5OSi. The second-order valence-corrected chi connectivity index (χ2v) is 15.1. The minimum absolute atomic E-state index is 0.239. The van der Waals surface area contributed by atoms with Crippen LogP contribution in [-0.4, -0.2) is 39.0 Å². The van der Waals surface area contributed by atoms with Gasteiger partial charge in [0.1, 0.15) is 16.5 Å². The van der Waals surface area contributed by atoms with Gasteiger partial charge in [-0.15, -0.1) is 0 Å². The summed E-state index contributed by atoms with van der Waals surface area (Å²) in [5.74, 6) is 0. The highest BCUT2D eigenvalue weighted by Gasteiger charge is 2.40. The van der Waals surface area contributed by atoms with Gasteiger partial charge in [-0.05, 0) is 49.9 Å². The third kappa shape index (κ3) is 4.07. The van der Waals surface area contributed by atoms with Gasteiger partial charge in [-0.25, -0.2) is 4.98 Å². The molecule has 0 N–H and O–H groups in total. The van der Waals surface area contributed by atoms with Crippen LogP contribution < -0.4 is 0 Å². The number of rotatable bonds is 4. The number of halogens is 1. The maximum Gasteiger partial charge on any atom is 0.192 e. The molecule has 4 rings (SSSR count). The zero-order chi connectivity index (χ0) is 21.7. The average Bonchev–Trinajstić information content (AvgIpc) is 3.24. The van der Waals surface area contributed by atoms with Crippen LogP contribution in [0.3, 0.4) is 0 Å². The molecule has 30 heavy (non-hydrogen) atoms. The molecule has 1 fully saturated rings. The van der Waals surface area contributed by atoms with Crippen molar-refractivity contribution in [1.82, 2.24) is 24.5 Å². The highest BCUT2D eigenvalue weighted by molar-refractivity contribution is 6.74. The van der Waals surface area contributed by atoms with Crippen LogP contribution >= 0.6 is 11.6 Å². The number of fused-ring (bicyclic) bond motifs is 1. The molecule has 8 heteroatoms. The van der Waals surface area contributed by atoms with Crippen molar-refractivity contribution in [2.45, 2.75) is 76.7 Å². The Morgan fingerprint density at radius 2 is 1.83 bits per heavy atom. The van der Waals surface area contributed by atoms with Gasteiger partial charge in [0.2, 0.25) is 0 Å². The van der Waals surface area contributed by atoms with Crippen molar-refractivity contribution >= 4 is 30.8 Å². The molecule has 0 aromatic carbocycles. The topological polar surface area (TPSA) is 57.8 Å². The van der Waals surface area contributed by atoms with E-state index in [0.717, 1.165) is 48.0 Å². The average molecular weight is 446 g/mol. The second-order valence-electron chi connectivity index (χ2n) is 10.0. The van der Waals surface area contributed by atoms with Gasteiger partial charge in [0, 0.05) is 37.0 Å². The highest BCUT2D eigenvalue weighted by atomic mass is 35.5. The van der Waals surface area contributed by atoms with E-state index in [1.165, 1.54) is 0 Å². The third-order valence-electron chi connectivity index (χ3n) is 6.77. The van der Waals surface area contributed by atoms with Gasteiger partial charge in [-0.2, -0.15) is 10.2 Å². The van der Waals surface area contributed by atoms with E-state index in [9.17, 15) is 0 Å². The first-order valence-electron chi connectivity index (χ1n) is 10.8. The lowest BCUT2D eigenvalue weighted by Crippen LogP contribution is -2.44. The van der Waals surface area contributed by atoms with E-state index in [2.05, 4.69) is 48.6 Å². The first-order chi connectivity index (χ1) is 14.0. The summed E-state index contributed by atoms with van der Waals surface area (Å²) < 4.78 is 10.6. The predicted molar refractivity (Wildman–Crippen MR) is 124 cm³/mol. The summed E-state index contributed by atoms with van der Waals surface area (Å²) in [5.41, 5.74) is 2.76. The molecule has 6 nitrogen and oxygen atoms in total. The summed E-state index contributed by atoms with van der Waals surface area (Å²) in [4.78, 5) is 4.30.